The van der Waals surface area contributed by atoms with Crippen LogP contribution in [0.25, 0.3) is 0 Å². The van der Waals surface area contributed by atoms with E-state index in [0.29, 0.717) is 6.54 Å². The molecule has 15 heavy (non-hydrogen) atoms. The second-order valence-corrected chi connectivity index (χ2v) is 4.20. The molecule has 1 rings (SSSR count). The first-order chi connectivity index (χ1) is 7.05. The summed E-state index contributed by atoms with van der Waals surface area (Å²) >= 11 is 0. The summed E-state index contributed by atoms with van der Waals surface area (Å²) in [6, 6.07) is 3.98. The van der Waals surface area contributed by atoms with Crippen molar-refractivity contribution in [1.29, 1.82) is 0 Å². The van der Waals surface area contributed by atoms with Gasteiger partial charge in [0.05, 0.1) is 5.60 Å². The van der Waals surface area contributed by atoms with E-state index in [1.807, 2.05) is 26.8 Å². The number of pyridine rings is 1. The first-order valence-corrected chi connectivity index (χ1v) is 5.39. The molecule has 0 saturated heterocycles. The van der Waals surface area contributed by atoms with Crippen LogP contribution in [0.1, 0.15) is 31.5 Å². The van der Waals surface area contributed by atoms with Crippen LogP contribution >= 0.6 is 0 Å². The van der Waals surface area contributed by atoms with E-state index < -0.39 is 5.60 Å². The van der Waals surface area contributed by atoms with Crippen LogP contribution in [-0.4, -0.2) is 22.2 Å². The van der Waals surface area contributed by atoms with E-state index in [1.54, 1.807) is 6.20 Å². The minimum atomic E-state index is -0.615. The zero-order chi connectivity index (χ0) is 11.3. The molecule has 2 N–H and O–H groups in total. The third-order valence-corrected chi connectivity index (χ3v) is 2.70. The fourth-order valence-corrected chi connectivity index (χ4v) is 1.30. The van der Waals surface area contributed by atoms with Gasteiger partial charge in [-0.05, 0) is 31.9 Å². The maximum Gasteiger partial charge on any atom is 0.0741 e. The molecular weight excluding hydrogens is 188 g/mol. The molecule has 0 aromatic carbocycles. The molecule has 1 aromatic rings. The molecule has 3 heteroatoms. The maximum absolute atomic E-state index is 9.79. The molecule has 1 unspecified atom stereocenters. The number of aryl methyl sites for hydroxylation is 1. The van der Waals surface area contributed by atoms with E-state index in [-0.39, 0.29) is 0 Å². The fraction of sp³-hybridized carbons (Fsp3) is 0.583. The van der Waals surface area contributed by atoms with E-state index in [1.165, 1.54) is 5.56 Å². The normalized spacial score (nSPS) is 14.9. The number of nitrogens with zero attached hydrogens (tertiary/aromatic N) is 1. The molecular formula is C12H20N2O. The van der Waals surface area contributed by atoms with E-state index >= 15 is 0 Å². The first-order valence-electron chi connectivity index (χ1n) is 5.39. The molecule has 0 amide bonds. The predicted molar refractivity (Wildman–Crippen MR) is 61.6 cm³/mol. The Morgan fingerprint density at radius 1 is 1.53 bits per heavy atom. The number of rotatable bonds is 5. The lowest BCUT2D eigenvalue weighted by atomic mass is 10.0. The van der Waals surface area contributed by atoms with E-state index in [0.717, 1.165) is 18.7 Å². The summed E-state index contributed by atoms with van der Waals surface area (Å²) in [4.78, 5) is 4.21. The standard InChI is InChI=1S/C12H20N2O/c1-4-12(3,15)9-13-8-11-6-5-7-14-10(11)2/h5-7,13,15H,4,8-9H2,1-3H3. The monoisotopic (exact) mass is 208 g/mol. The Balaban J connectivity index is 2.42. The van der Waals surface area contributed by atoms with Crippen LogP contribution in [0.3, 0.4) is 0 Å². The van der Waals surface area contributed by atoms with Crippen molar-refractivity contribution in [3.05, 3.63) is 29.6 Å². The van der Waals surface area contributed by atoms with Gasteiger partial charge >= 0.3 is 0 Å². The number of aliphatic hydroxyl groups is 1. The number of hydrogen-bond donors (Lipinski definition) is 2. The van der Waals surface area contributed by atoms with Gasteiger partial charge in [-0.2, -0.15) is 0 Å². The second kappa shape index (κ2) is 5.24. The Hall–Kier alpha value is -0.930. The lowest BCUT2D eigenvalue weighted by Crippen LogP contribution is -2.36. The van der Waals surface area contributed by atoms with Crippen molar-refractivity contribution in [2.45, 2.75) is 39.3 Å². The lowest BCUT2D eigenvalue weighted by molar-refractivity contribution is 0.0555. The third kappa shape index (κ3) is 3.98. The highest BCUT2D eigenvalue weighted by atomic mass is 16.3. The summed E-state index contributed by atoms with van der Waals surface area (Å²) in [5, 5.41) is 13.0. The van der Waals surface area contributed by atoms with Crippen LogP contribution in [-0.2, 0) is 6.54 Å². The van der Waals surface area contributed by atoms with Gasteiger partial charge in [0.2, 0.25) is 0 Å². The second-order valence-electron chi connectivity index (χ2n) is 4.20. The van der Waals surface area contributed by atoms with Crippen LogP contribution in [0.4, 0.5) is 0 Å². The van der Waals surface area contributed by atoms with Crippen LogP contribution in [0.5, 0.6) is 0 Å². The maximum atomic E-state index is 9.79. The lowest BCUT2D eigenvalue weighted by Gasteiger charge is -2.21. The smallest absolute Gasteiger partial charge is 0.0741 e. The molecule has 1 atom stereocenters. The van der Waals surface area contributed by atoms with E-state index in [2.05, 4.69) is 16.4 Å². The van der Waals surface area contributed by atoms with Crippen molar-refractivity contribution in [2.24, 2.45) is 0 Å². The van der Waals surface area contributed by atoms with E-state index in [9.17, 15) is 5.11 Å². The van der Waals surface area contributed by atoms with Gasteiger partial charge in [-0.3, -0.25) is 4.98 Å². The molecule has 0 spiro atoms. The molecule has 0 aliphatic rings. The van der Waals surface area contributed by atoms with Crippen molar-refractivity contribution < 1.29 is 5.11 Å². The quantitative estimate of drug-likeness (QED) is 0.773. The van der Waals surface area contributed by atoms with Crippen LogP contribution in [0.15, 0.2) is 18.3 Å². The molecule has 0 fully saturated rings. The summed E-state index contributed by atoms with van der Waals surface area (Å²) in [5.74, 6) is 0. The Morgan fingerprint density at radius 3 is 2.87 bits per heavy atom. The molecule has 1 aromatic heterocycles. The highest BCUT2D eigenvalue weighted by Gasteiger charge is 2.16. The molecule has 0 radical (unpaired) electrons. The fourth-order valence-electron chi connectivity index (χ4n) is 1.30. The zero-order valence-electron chi connectivity index (χ0n) is 9.75. The van der Waals surface area contributed by atoms with Crippen molar-refractivity contribution in [3.8, 4) is 0 Å². The van der Waals surface area contributed by atoms with Gasteiger partial charge in [0.1, 0.15) is 0 Å². The topological polar surface area (TPSA) is 45.1 Å². The van der Waals surface area contributed by atoms with Crippen molar-refractivity contribution in [2.75, 3.05) is 6.54 Å². The number of nitrogens with one attached hydrogen (secondary N) is 1. The summed E-state index contributed by atoms with van der Waals surface area (Å²) < 4.78 is 0. The summed E-state index contributed by atoms with van der Waals surface area (Å²) in [7, 11) is 0. The molecule has 0 aliphatic carbocycles. The summed E-state index contributed by atoms with van der Waals surface area (Å²) in [5.41, 5.74) is 1.61. The van der Waals surface area contributed by atoms with Crippen LogP contribution < -0.4 is 5.32 Å². The average molecular weight is 208 g/mol. The predicted octanol–water partition coefficient (Wildman–Crippen LogP) is 1.64. The molecule has 3 nitrogen and oxygen atoms in total. The van der Waals surface area contributed by atoms with Crippen LogP contribution in [0.2, 0.25) is 0 Å². The molecule has 1 heterocycles. The number of hydrogen-bond acceptors (Lipinski definition) is 3. The highest BCUT2D eigenvalue weighted by molar-refractivity contribution is 5.17. The SMILES string of the molecule is CCC(C)(O)CNCc1cccnc1C. The minimum Gasteiger partial charge on any atom is -0.389 e. The molecule has 0 saturated carbocycles. The van der Waals surface area contributed by atoms with Crippen molar-refractivity contribution in [1.82, 2.24) is 10.3 Å². The Labute approximate surface area is 91.5 Å². The molecule has 0 aliphatic heterocycles. The van der Waals surface area contributed by atoms with Crippen LogP contribution in [0, 0.1) is 6.92 Å². The van der Waals surface area contributed by atoms with Gasteiger partial charge in [-0.25, -0.2) is 0 Å². The Bertz CT molecular complexity index is 310. The zero-order valence-corrected chi connectivity index (χ0v) is 9.75. The average Bonchev–Trinajstić information content (AvgIpc) is 2.21. The minimum absolute atomic E-state index is 0.609. The molecule has 0 bridgehead atoms. The van der Waals surface area contributed by atoms with Gasteiger partial charge in [-0.1, -0.05) is 13.0 Å². The third-order valence-electron chi connectivity index (χ3n) is 2.70. The Morgan fingerprint density at radius 2 is 2.27 bits per heavy atom. The van der Waals surface area contributed by atoms with Gasteiger partial charge < -0.3 is 10.4 Å². The van der Waals surface area contributed by atoms with Crippen molar-refractivity contribution >= 4 is 0 Å². The Kier molecular flexibility index (Phi) is 4.24. The first kappa shape index (κ1) is 12.1. The number of aromatic nitrogens is 1. The summed E-state index contributed by atoms with van der Waals surface area (Å²) in [6.45, 7) is 7.19. The summed E-state index contributed by atoms with van der Waals surface area (Å²) in [6.07, 6.45) is 2.55. The highest BCUT2D eigenvalue weighted by Crippen LogP contribution is 2.07. The van der Waals surface area contributed by atoms with Crippen molar-refractivity contribution in [3.63, 3.8) is 0 Å². The largest absolute Gasteiger partial charge is 0.389 e. The van der Waals surface area contributed by atoms with Gasteiger partial charge in [0, 0.05) is 25.0 Å². The van der Waals surface area contributed by atoms with Gasteiger partial charge in [0.15, 0.2) is 0 Å². The van der Waals surface area contributed by atoms with Gasteiger partial charge in [0.25, 0.3) is 0 Å². The van der Waals surface area contributed by atoms with Gasteiger partial charge in [-0.15, -0.1) is 0 Å². The van der Waals surface area contributed by atoms with E-state index in [4.69, 9.17) is 0 Å². The molecule has 84 valence electrons.